The van der Waals surface area contributed by atoms with Gasteiger partial charge in [-0.2, -0.15) is 18.3 Å². The van der Waals surface area contributed by atoms with Gasteiger partial charge in [-0.05, 0) is 48.9 Å². The summed E-state index contributed by atoms with van der Waals surface area (Å²) in [7, 11) is 0. The average molecular weight is 548 g/mol. The third kappa shape index (κ3) is 5.78. The molecule has 5 aromatic rings. The fourth-order valence-electron chi connectivity index (χ4n) is 3.89. The van der Waals surface area contributed by atoms with Gasteiger partial charge in [-0.25, -0.2) is 4.79 Å². The number of nitrogens with zero attached hydrogens (tertiary/aromatic N) is 6. The molecule has 1 aromatic carbocycles. The number of fused-ring (bicyclic) bond motifs is 3. The zero-order valence-electron chi connectivity index (χ0n) is 19.9. The van der Waals surface area contributed by atoms with Gasteiger partial charge >= 0.3 is 12.1 Å². The molecule has 3 N–H and O–H groups in total. The molecule has 14 heteroatoms. The van der Waals surface area contributed by atoms with Crippen LogP contribution in [-0.4, -0.2) is 52.1 Å². The number of pyridine rings is 1. The monoisotopic (exact) mass is 547 g/mol. The van der Waals surface area contributed by atoms with E-state index in [1.165, 1.54) is 0 Å². The van der Waals surface area contributed by atoms with Gasteiger partial charge in [0.05, 0.1) is 16.7 Å². The minimum atomic E-state index is -5.08. The number of benzene rings is 1. The molecule has 38 heavy (non-hydrogen) atoms. The Morgan fingerprint density at radius 2 is 1.82 bits per heavy atom. The van der Waals surface area contributed by atoms with Crippen LogP contribution in [0.4, 0.5) is 13.2 Å². The first-order chi connectivity index (χ1) is 17.9. The van der Waals surface area contributed by atoms with E-state index in [1.807, 2.05) is 47.9 Å². The van der Waals surface area contributed by atoms with Gasteiger partial charge in [-0.1, -0.05) is 23.7 Å². The molecule has 0 aliphatic rings. The number of alkyl halides is 3. The number of carbonyl (C=O) groups is 2. The van der Waals surface area contributed by atoms with Gasteiger partial charge in [0.1, 0.15) is 11.5 Å². The highest BCUT2D eigenvalue weighted by molar-refractivity contribution is 6.30. The highest BCUT2D eigenvalue weighted by atomic mass is 35.5. The standard InChI is InChI=1S/C22H20ClN7O.C2HF3O2/c1-14-25-26-22-6-5-18-20(30(14)22)12-19(17-7-9-28(27-17)10-8-21(24)31)29(18)13-15-3-2-4-16(23)11-15;3-2(4,5)1(6)7/h2-7,9,11-12H,8,10,13H2,1H3,(H2,24,31);(H,6,7). The number of hydrogen-bond acceptors (Lipinski definition) is 5. The van der Waals surface area contributed by atoms with Gasteiger partial charge < -0.3 is 15.4 Å². The van der Waals surface area contributed by atoms with Crippen molar-refractivity contribution >= 4 is 40.2 Å². The second-order valence-corrected chi connectivity index (χ2v) is 8.71. The van der Waals surface area contributed by atoms with E-state index in [2.05, 4.69) is 38.1 Å². The number of aliphatic carboxylic acids is 1. The molecule has 0 unspecified atom stereocenters. The summed E-state index contributed by atoms with van der Waals surface area (Å²) in [5.41, 5.74) is 11.0. The Morgan fingerprint density at radius 1 is 1.08 bits per heavy atom. The molecule has 0 spiro atoms. The number of carboxylic acid groups (broad SMARTS) is 1. The van der Waals surface area contributed by atoms with Crippen molar-refractivity contribution in [1.82, 2.24) is 28.9 Å². The second-order valence-electron chi connectivity index (χ2n) is 8.27. The number of halogens is 4. The normalized spacial score (nSPS) is 11.5. The molecular weight excluding hydrogens is 527 g/mol. The summed E-state index contributed by atoms with van der Waals surface area (Å²) in [6.07, 6.45) is -2.98. The van der Waals surface area contributed by atoms with E-state index in [-0.39, 0.29) is 12.3 Å². The number of carboxylic acids is 1. The molecule has 0 bridgehead atoms. The number of aryl methyl sites for hydroxylation is 2. The lowest BCUT2D eigenvalue weighted by Crippen LogP contribution is -2.21. The van der Waals surface area contributed by atoms with Gasteiger partial charge in [-0.3, -0.25) is 13.9 Å². The van der Waals surface area contributed by atoms with Crippen molar-refractivity contribution in [2.24, 2.45) is 5.73 Å². The Bertz CT molecular complexity index is 1640. The van der Waals surface area contributed by atoms with Crippen molar-refractivity contribution < 1.29 is 27.9 Å². The predicted molar refractivity (Wildman–Crippen MR) is 132 cm³/mol. The lowest BCUT2D eigenvalue weighted by atomic mass is 10.2. The van der Waals surface area contributed by atoms with Crippen LogP contribution in [0.25, 0.3) is 28.1 Å². The van der Waals surface area contributed by atoms with E-state index < -0.39 is 12.1 Å². The number of rotatable bonds is 6. The second kappa shape index (κ2) is 10.5. The molecular formula is C24H21ClF3N7O3. The van der Waals surface area contributed by atoms with Crippen molar-refractivity contribution in [2.75, 3.05) is 0 Å². The Balaban J connectivity index is 0.000000426. The maximum atomic E-state index is 11.1. The molecule has 4 aromatic heterocycles. The van der Waals surface area contributed by atoms with Gasteiger partial charge in [0.25, 0.3) is 0 Å². The fraction of sp³-hybridized carbons (Fsp3) is 0.208. The molecule has 0 atom stereocenters. The van der Waals surface area contributed by atoms with Crippen molar-refractivity contribution in [2.45, 2.75) is 32.6 Å². The lowest BCUT2D eigenvalue weighted by Gasteiger charge is -2.10. The van der Waals surface area contributed by atoms with Crippen LogP contribution in [-0.2, 0) is 22.7 Å². The first kappa shape index (κ1) is 26.7. The van der Waals surface area contributed by atoms with E-state index in [1.54, 1.807) is 4.68 Å². The summed E-state index contributed by atoms with van der Waals surface area (Å²) in [6, 6.07) is 15.9. The SMILES string of the molecule is Cc1nnc2ccc3c(cc(-c4ccn(CCC(N)=O)n4)n3Cc3cccc(Cl)c3)n12.O=C(O)C(F)(F)F. The molecule has 4 heterocycles. The first-order valence-electron chi connectivity index (χ1n) is 11.1. The summed E-state index contributed by atoms with van der Waals surface area (Å²) in [5.74, 6) is -2.29. The van der Waals surface area contributed by atoms with Gasteiger partial charge in [-0.15, -0.1) is 10.2 Å². The quantitative estimate of drug-likeness (QED) is 0.329. The third-order valence-electron chi connectivity index (χ3n) is 5.56. The number of aromatic nitrogens is 6. The topological polar surface area (TPSA) is 133 Å². The molecule has 5 rings (SSSR count). The number of carbonyl (C=O) groups excluding carboxylic acids is 1. The first-order valence-corrected chi connectivity index (χ1v) is 11.5. The zero-order valence-corrected chi connectivity index (χ0v) is 20.6. The molecule has 0 saturated carbocycles. The van der Waals surface area contributed by atoms with E-state index in [0.29, 0.717) is 18.1 Å². The zero-order chi connectivity index (χ0) is 27.6. The van der Waals surface area contributed by atoms with Crippen molar-refractivity contribution in [3.8, 4) is 11.4 Å². The minimum Gasteiger partial charge on any atom is -0.475 e. The molecule has 0 saturated heterocycles. The Morgan fingerprint density at radius 3 is 2.47 bits per heavy atom. The van der Waals surface area contributed by atoms with Crippen molar-refractivity contribution in [3.63, 3.8) is 0 Å². The van der Waals surface area contributed by atoms with Crippen molar-refractivity contribution in [3.05, 3.63) is 71.1 Å². The fourth-order valence-corrected chi connectivity index (χ4v) is 4.10. The molecule has 10 nitrogen and oxygen atoms in total. The molecule has 198 valence electrons. The highest BCUT2D eigenvalue weighted by Gasteiger charge is 2.38. The van der Waals surface area contributed by atoms with Gasteiger partial charge in [0.2, 0.25) is 5.91 Å². The molecule has 0 fully saturated rings. The maximum Gasteiger partial charge on any atom is 0.490 e. The Hall–Kier alpha value is -4.39. The van der Waals surface area contributed by atoms with Gasteiger partial charge in [0.15, 0.2) is 5.65 Å². The maximum absolute atomic E-state index is 11.1. The average Bonchev–Trinajstić information content (AvgIpc) is 3.55. The van der Waals surface area contributed by atoms with Crippen LogP contribution >= 0.6 is 11.6 Å². The number of nitrogens with two attached hydrogens (primary N) is 1. The lowest BCUT2D eigenvalue weighted by molar-refractivity contribution is -0.192. The smallest absolute Gasteiger partial charge is 0.475 e. The summed E-state index contributed by atoms with van der Waals surface area (Å²) in [4.78, 5) is 20.0. The van der Waals surface area contributed by atoms with Crippen LogP contribution in [0.3, 0.4) is 0 Å². The van der Waals surface area contributed by atoms with Crippen LogP contribution < -0.4 is 5.73 Å². The van der Waals surface area contributed by atoms with E-state index in [4.69, 9.17) is 27.2 Å². The molecule has 1 amide bonds. The van der Waals surface area contributed by atoms with Crippen molar-refractivity contribution in [1.29, 1.82) is 0 Å². The summed E-state index contributed by atoms with van der Waals surface area (Å²) >= 11 is 6.22. The van der Waals surface area contributed by atoms with Crippen LogP contribution in [0.1, 0.15) is 17.8 Å². The van der Waals surface area contributed by atoms with Crippen LogP contribution in [0.15, 0.2) is 54.7 Å². The van der Waals surface area contributed by atoms with E-state index in [0.717, 1.165) is 39.5 Å². The Kier molecular flexibility index (Phi) is 7.39. The predicted octanol–water partition coefficient (Wildman–Crippen LogP) is 4.07. The minimum absolute atomic E-state index is 0.243. The summed E-state index contributed by atoms with van der Waals surface area (Å²) < 4.78 is 37.7. The van der Waals surface area contributed by atoms with E-state index >= 15 is 0 Å². The molecule has 0 radical (unpaired) electrons. The number of hydrogen-bond donors (Lipinski definition) is 2. The van der Waals surface area contributed by atoms with Crippen LogP contribution in [0.5, 0.6) is 0 Å². The number of amides is 1. The Labute approximate surface area is 218 Å². The van der Waals surface area contributed by atoms with E-state index in [9.17, 15) is 18.0 Å². The summed E-state index contributed by atoms with van der Waals surface area (Å²) in [5, 5.41) is 21.0. The van der Waals surface area contributed by atoms with Crippen LogP contribution in [0.2, 0.25) is 5.02 Å². The largest absolute Gasteiger partial charge is 0.490 e. The highest BCUT2D eigenvalue weighted by Crippen LogP contribution is 2.30. The van der Waals surface area contributed by atoms with Gasteiger partial charge in [0, 0.05) is 30.7 Å². The number of primary amides is 1. The molecule has 0 aliphatic carbocycles. The third-order valence-corrected chi connectivity index (χ3v) is 5.80. The summed E-state index contributed by atoms with van der Waals surface area (Å²) in [6.45, 7) is 3.00. The van der Waals surface area contributed by atoms with Crippen LogP contribution in [0, 0.1) is 6.92 Å². The molecule has 0 aliphatic heterocycles.